The average molecular weight is 503 g/mol. The Kier molecular flexibility index (Phi) is 14.3. The largest absolute Gasteiger partial charge is 0.400 e. The van der Waals surface area contributed by atoms with Crippen LogP contribution in [0.4, 0.5) is 0 Å². The van der Waals surface area contributed by atoms with Crippen LogP contribution >= 0.6 is 11.8 Å². The highest BCUT2D eigenvalue weighted by Crippen LogP contribution is 2.55. The summed E-state index contributed by atoms with van der Waals surface area (Å²) >= 11 is 1.92. The van der Waals surface area contributed by atoms with Gasteiger partial charge in [-0.2, -0.15) is 11.8 Å². The molecule has 0 radical (unpaired) electrons. The zero-order valence-corrected chi connectivity index (χ0v) is 23.7. The molecule has 3 N–H and O–H groups in total. The van der Waals surface area contributed by atoms with Gasteiger partial charge in [0.1, 0.15) is 0 Å². The molecule has 2 fully saturated rings. The molecule has 3 atom stereocenters. The van der Waals surface area contributed by atoms with Crippen LogP contribution in [-0.2, 0) is 0 Å². The minimum absolute atomic E-state index is 0.281. The Balaban J connectivity index is 0.00000145. The molecule has 4 heteroatoms. The van der Waals surface area contributed by atoms with Crippen molar-refractivity contribution in [2.24, 2.45) is 11.3 Å². The van der Waals surface area contributed by atoms with Gasteiger partial charge in [0.2, 0.25) is 0 Å². The summed E-state index contributed by atoms with van der Waals surface area (Å²) in [6, 6.07) is 0. The van der Waals surface area contributed by atoms with E-state index in [1.54, 1.807) is 11.1 Å². The molecule has 198 valence electrons. The topological polar surface area (TPSA) is 60.7 Å². The minimum Gasteiger partial charge on any atom is -0.400 e. The molecule has 0 aromatic rings. The zero-order valence-electron chi connectivity index (χ0n) is 22.9. The molecule has 3 rings (SSSR count). The normalized spacial score (nSPS) is 29.7. The van der Waals surface area contributed by atoms with Gasteiger partial charge in [0.15, 0.2) is 0 Å². The fourth-order valence-electron chi connectivity index (χ4n) is 5.76. The van der Waals surface area contributed by atoms with Gasteiger partial charge in [0.05, 0.1) is 11.7 Å². The third kappa shape index (κ3) is 8.39. The van der Waals surface area contributed by atoms with Crippen molar-refractivity contribution in [3.63, 3.8) is 0 Å². The minimum atomic E-state index is -0.509. The summed E-state index contributed by atoms with van der Waals surface area (Å²) in [4.78, 5) is 0. The molecule has 0 bridgehead atoms. The van der Waals surface area contributed by atoms with Crippen molar-refractivity contribution >= 4 is 11.8 Å². The van der Waals surface area contributed by atoms with E-state index >= 15 is 0 Å². The van der Waals surface area contributed by atoms with Gasteiger partial charge in [-0.1, -0.05) is 68.7 Å². The highest BCUT2D eigenvalue weighted by Gasteiger charge is 2.44. The van der Waals surface area contributed by atoms with E-state index in [2.05, 4.69) is 64.8 Å². The van der Waals surface area contributed by atoms with Crippen LogP contribution in [0, 0.1) is 24.2 Å². The maximum Gasteiger partial charge on any atom is 0.0787 e. The molecule has 3 aliphatic rings. The third-order valence-electron chi connectivity index (χ3n) is 8.27. The molecular weight excluding hydrogens is 452 g/mol. The highest BCUT2D eigenvalue weighted by molar-refractivity contribution is 7.99. The Hall–Kier alpha value is -1.25. The monoisotopic (exact) mass is 502 g/mol. The first kappa shape index (κ1) is 31.8. The van der Waals surface area contributed by atoms with Gasteiger partial charge in [-0.05, 0) is 81.1 Å². The number of allylic oxidation sites excluding steroid dienone is 5. The molecule has 0 aromatic heterocycles. The summed E-state index contributed by atoms with van der Waals surface area (Å²) in [5.41, 5.74) is 5.64. The molecular formula is C31H50O3S. The lowest BCUT2D eigenvalue weighted by Crippen LogP contribution is -2.32. The fourth-order valence-corrected chi connectivity index (χ4v) is 7.32. The van der Waals surface area contributed by atoms with E-state index < -0.39 is 5.60 Å². The van der Waals surface area contributed by atoms with Crippen LogP contribution in [0.15, 0.2) is 46.6 Å². The van der Waals surface area contributed by atoms with E-state index in [9.17, 15) is 10.2 Å². The second kappa shape index (κ2) is 15.8. The van der Waals surface area contributed by atoms with Crippen LogP contribution in [-0.4, -0.2) is 45.6 Å². The number of hydrogen-bond acceptors (Lipinski definition) is 4. The summed E-state index contributed by atoms with van der Waals surface area (Å²) in [5.74, 6) is 2.53. The van der Waals surface area contributed by atoms with Crippen LogP contribution in [0.25, 0.3) is 0 Å². The molecule has 0 spiro atoms. The first-order valence-corrected chi connectivity index (χ1v) is 14.5. The second-order valence-electron chi connectivity index (χ2n) is 10.2. The van der Waals surface area contributed by atoms with Crippen LogP contribution < -0.4 is 0 Å². The number of rotatable bonds is 8. The zero-order chi connectivity index (χ0) is 26.5. The van der Waals surface area contributed by atoms with E-state index in [-0.39, 0.29) is 11.5 Å². The van der Waals surface area contributed by atoms with Gasteiger partial charge in [-0.15, -0.1) is 12.8 Å². The Morgan fingerprint density at radius 2 is 1.77 bits per heavy atom. The van der Waals surface area contributed by atoms with Crippen molar-refractivity contribution in [2.75, 3.05) is 18.6 Å². The number of aliphatic hydroxyl groups is 3. The van der Waals surface area contributed by atoms with Crippen LogP contribution in [0.5, 0.6) is 0 Å². The van der Waals surface area contributed by atoms with Crippen LogP contribution in [0.2, 0.25) is 0 Å². The van der Waals surface area contributed by atoms with Crippen molar-refractivity contribution in [2.45, 2.75) is 104 Å². The molecule has 0 saturated heterocycles. The SMILES string of the molecule is C#C.CC/C=C1/CC/C(=C/C=C2\CCCC3(C)C(CSCC(O)(CC)CC)=CCC23)C[C@H]1O.CO. The molecule has 0 heterocycles. The maximum absolute atomic E-state index is 10.6. The molecule has 3 nitrogen and oxygen atoms in total. The standard InChI is InChI=1S/C28H44O2S.C2H2.CH4O/c1-5-9-23-14-12-21(18-26(23)29)11-13-22-10-8-17-27(4)24(15-16-25(22)27)19-31-20-28(30,6-2)7-3;2*1-2/h9,11,13,15,25-26,29-30H,5-8,10,12,14,16-20H2,1-4H3;1-2H;2H,1H3/b21-11-,22-13+,23-9-;;/t25?,26-,27?;;/m1../s1. The number of terminal acetylenes is 1. The molecule has 35 heavy (non-hydrogen) atoms. The lowest BCUT2D eigenvalue weighted by atomic mass is 9.64. The van der Waals surface area contributed by atoms with E-state index in [0.717, 1.165) is 57.1 Å². The summed E-state index contributed by atoms with van der Waals surface area (Å²) < 4.78 is 0. The highest BCUT2D eigenvalue weighted by atomic mass is 32.2. The summed E-state index contributed by atoms with van der Waals surface area (Å²) in [6.45, 7) is 8.81. The van der Waals surface area contributed by atoms with Gasteiger partial charge < -0.3 is 15.3 Å². The van der Waals surface area contributed by atoms with Gasteiger partial charge in [-0.25, -0.2) is 0 Å². The first-order valence-electron chi connectivity index (χ1n) is 13.4. The van der Waals surface area contributed by atoms with E-state index in [1.165, 1.54) is 36.8 Å². The smallest absolute Gasteiger partial charge is 0.0787 e. The van der Waals surface area contributed by atoms with Crippen molar-refractivity contribution in [1.29, 1.82) is 0 Å². The molecule has 2 unspecified atom stereocenters. The Morgan fingerprint density at radius 1 is 1.09 bits per heavy atom. The van der Waals surface area contributed by atoms with Gasteiger partial charge in [-0.3, -0.25) is 0 Å². The number of fused-ring (bicyclic) bond motifs is 1. The van der Waals surface area contributed by atoms with E-state index in [0.29, 0.717) is 5.92 Å². The van der Waals surface area contributed by atoms with Crippen LogP contribution in [0.3, 0.4) is 0 Å². The van der Waals surface area contributed by atoms with Crippen molar-refractivity contribution in [3.8, 4) is 12.8 Å². The lowest BCUT2D eigenvalue weighted by Gasteiger charge is -2.41. The van der Waals surface area contributed by atoms with E-state index in [4.69, 9.17) is 5.11 Å². The number of thioether (sulfide) groups is 1. The molecule has 2 saturated carbocycles. The lowest BCUT2D eigenvalue weighted by molar-refractivity contribution is 0.0572. The third-order valence-corrected chi connectivity index (χ3v) is 9.53. The van der Waals surface area contributed by atoms with Crippen molar-refractivity contribution < 1.29 is 15.3 Å². The quantitative estimate of drug-likeness (QED) is 0.247. The van der Waals surface area contributed by atoms with Crippen molar-refractivity contribution in [1.82, 2.24) is 0 Å². The molecule has 0 aliphatic heterocycles. The average Bonchev–Trinajstić information content (AvgIpc) is 3.23. The number of aliphatic hydroxyl groups excluding tert-OH is 2. The summed E-state index contributed by atoms with van der Waals surface area (Å²) in [6.07, 6.45) is 27.7. The first-order chi connectivity index (χ1) is 16.8. The Bertz CT molecular complexity index is 784. The maximum atomic E-state index is 10.6. The predicted octanol–water partition coefficient (Wildman–Crippen LogP) is 7.00. The van der Waals surface area contributed by atoms with Gasteiger partial charge in [0, 0.05) is 18.6 Å². The Labute approximate surface area is 219 Å². The summed E-state index contributed by atoms with van der Waals surface area (Å²) in [7, 11) is 1.00. The fraction of sp³-hybridized carbons (Fsp3) is 0.677. The van der Waals surface area contributed by atoms with E-state index in [1.807, 2.05) is 11.8 Å². The molecule has 0 aromatic carbocycles. The second-order valence-corrected chi connectivity index (χ2v) is 11.2. The molecule has 0 amide bonds. The molecule has 3 aliphatic carbocycles. The predicted molar refractivity (Wildman–Crippen MR) is 153 cm³/mol. The Morgan fingerprint density at radius 3 is 2.37 bits per heavy atom. The van der Waals surface area contributed by atoms with Gasteiger partial charge in [0.25, 0.3) is 0 Å². The van der Waals surface area contributed by atoms with Crippen molar-refractivity contribution in [3.05, 3.63) is 46.6 Å². The number of hydrogen-bond donors (Lipinski definition) is 3. The summed E-state index contributed by atoms with van der Waals surface area (Å²) in [5, 5.41) is 28.1. The van der Waals surface area contributed by atoms with Gasteiger partial charge >= 0.3 is 0 Å². The van der Waals surface area contributed by atoms with Crippen LogP contribution in [0.1, 0.15) is 91.9 Å².